The standard InChI is InChI=1S/C28H32N4O6/c1-29-26(33)22-16-31(28(29)36)17-24-25(22)21-14-20(38-13-10-30-8-11-37-12-9-30)6-7-23(21)32(24)15-18-2-4-19(5-3-18)27(34)35/h2,4,6-7,14,22H,3,5,8-13,15-17H2,1H3,(H,34,35). The molecule has 38 heavy (non-hydrogen) atoms. The highest BCUT2D eigenvalue weighted by atomic mass is 16.5. The molecule has 10 heteroatoms. The number of amides is 3. The van der Waals surface area contributed by atoms with E-state index >= 15 is 0 Å². The lowest BCUT2D eigenvalue weighted by Gasteiger charge is -2.41. The zero-order valence-corrected chi connectivity index (χ0v) is 21.5. The van der Waals surface area contributed by atoms with E-state index < -0.39 is 11.9 Å². The lowest BCUT2D eigenvalue weighted by Crippen LogP contribution is -2.56. The predicted octanol–water partition coefficient (Wildman–Crippen LogP) is 2.57. The number of carbonyl (C=O) groups excluding carboxylic acids is 2. The highest BCUT2D eigenvalue weighted by Crippen LogP contribution is 2.42. The lowest BCUT2D eigenvalue weighted by molar-refractivity contribution is -0.133. The minimum Gasteiger partial charge on any atom is -0.492 e. The molecule has 2 saturated heterocycles. The van der Waals surface area contributed by atoms with Crippen molar-refractivity contribution in [3.05, 3.63) is 52.8 Å². The molecule has 4 aliphatic rings. The number of fused-ring (bicyclic) bond motifs is 6. The molecule has 2 bridgehead atoms. The monoisotopic (exact) mass is 520 g/mol. The molecule has 0 spiro atoms. The van der Waals surface area contributed by atoms with Crippen molar-refractivity contribution in [1.29, 1.82) is 0 Å². The van der Waals surface area contributed by atoms with Crippen LogP contribution in [0.1, 0.15) is 30.0 Å². The van der Waals surface area contributed by atoms with Gasteiger partial charge in [0.25, 0.3) is 0 Å². The topological polar surface area (TPSA) is 105 Å². The molecule has 2 aromatic rings. The van der Waals surface area contributed by atoms with E-state index in [9.17, 15) is 19.5 Å². The van der Waals surface area contributed by atoms with Crippen LogP contribution in [0.15, 0.2) is 41.5 Å². The van der Waals surface area contributed by atoms with Gasteiger partial charge in [0.2, 0.25) is 5.91 Å². The maximum atomic E-state index is 13.2. The van der Waals surface area contributed by atoms with E-state index in [1.807, 2.05) is 24.3 Å². The molecule has 1 atom stereocenters. The Labute approximate surface area is 220 Å². The Morgan fingerprint density at radius 1 is 1.16 bits per heavy atom. The van der Waals surface area contributed by atoms with Crippen LogP contribution in [0.3, 0.4) is 0 Å². The second-order valence-corrected chi connectivity index (χ2v) is 10.4. The maximum Gasteiger partial charge on any atom is 0.331 e. The number of urea groups is 1. The predicted molar refractivity (Wildman–Crippen MR) is 139 cm³/mol. The van der Waals surface area contributed by atoms with Crippen LogP contribution >= 0.6 is 0 Å². The van der Waals surface area contributed by atoms with Gasteiger partial charge < -0.3 is 24.0 Å². The summed E-state index contributed by atoms with van der Waals surface area (Å²) in [4.78, 5) is 42.7. The average Bonchev–Trinajstić information content (AvgIpc) is 3.24. The van der Waals surface area contributed by atoms with Gasteiger partial charge in [0.05, 0.1) is 25.7 Å². The molecule has 1 N–H and O–H groups in total. The van der Waals surface area contributed by atoms with Crippen molar-refractivity contribution in [1.82, 2.24) is 19.3 Å². The summed E-state index contributed by atoms with van der Waals surface area (Å²) < 4.78 is 13.8. The van der Waals surface area contributed by atoms with Crippen LogP contribution in [0.25, 0.3) is 10.9 Å². The van der Waals surface area contributed by atoms with Gasteiger partial charge in [-0.05, 0) is 36.6 Å². The summed E-state index contributed by atoms with van der Waals surface area (Å²) in [5.74, 6) is -0.734. The minimum absolute atomic E-state index is 0.184. The number of ether oxygens (including phenoxy) is 2. The van der Waals surface area contributed by atoms with Crippen LogP contribution in [0.4, 0.5) is 4.79 Å². The molecule has 0 saturated carbocycles. The Bertz CT molecular complexity index is 1370. The van der Waals surface area contributed by atoms with Gasteiger partial charge in [0, 0.05) is 61.9 Å². The van der Waals surface area contributed by atoms with E-state index in [2.05, 4.69) is 9.47 Å². The summed E-state index contributed by atoms with van der Waals surface area (Å²) in [5, 5.41) is 10.3. The van der Waals surface area contributed by atoms with Gasteiger partial charge in [-0.1, -0.05) is 17.7 Å². The molecule has 4 heterocycles. The first-order chi connectivity index (χ1) is 18.4. The third-order valence-corrected chi connectivity index (χ3v) is 8.12. The van der Waals surface area contributed by atoms with Gasteiger partial charge in [-0.3, -0.25) is 14.6 Å². The van der Waals surface area contributed by atoms with Crippen LogP contribution < -0.4 is 4.74 Å². The van der Waals surface area contributed by atoms with Crippen molar-refractivity contribution in [3.8, 4) is 5.75 Å². The normalized spacial score (nSPS) is 21.9. The number of aliphatic carboxylic acids is 1. The number of carbonyl (C=O) groups is 3. The van der Waals surface area contributed by atoms with Crippen LogP contribution in [0, 0.1) is 0 Å². The number of morpholine rings is 1. The minimum atomic E-state index is -0.882. The molecular formula is C28H32N4O6. The molecule has 2 fully saturated rings. The lowest BCUT2D eigenvalue weighted by atomic mass is 9.89. The van der Waals surface area contributed by atoms with E-state index in [4.69, 9.17) is 9.47 Å². The first kappa shape index (κ1) is 24.7. The Balaban J connectivity index is 1.35. The summed E-state index contributed by atoms with van der Waals surface area (Å²) in [7, 11) is 1.55. The largest absolute Gasteiger partial charge is 0.492 e. The number of carboxylic acids is 1. The summed E-state index contributed by atoms with van der Waals surface area (Å²) in [6.45, 7) is 6.07. The Morgan fingerprint density at radius 2 is 1.97 bits per heavy atom. The van der Waals surface area contributed by atoms with Crippen molar-refractivity contribution in [2.45, 2.75) is 31.8 Å². The highest BCUT2D eigenvalue weighted by molar-refractivity contribution is 6.04. The van der Waals surface area contributed by atoms with Gasteiger partial charge >= 0.3 is 12.0 Å². The molecular weight excluding hydrogens is 488 g/mol. The third kappa shape index (κ3) is 4.37. The van der Waals surface area contributed by atoms with Gasteiger partial charge in [-0.2, -0.15) is 0 Å². The first-order valence-electron chi connectivity index (χ1n) is 13.2. The first-order valence-corrected chi connectivity index (χ1v) is 13.2. The number of imide groups is 1. The van der Waals surface area contributed by atoms with Gasteiger partial charge in [-0.15, -0.1) is 0 Å². The number of allylic oxidation sites excluding steroid dienone is 3. The smallest absolute Gasteiger partial charge is 0.331 e. The summed E-state index contributed by atoms with van der Waals surface area (Å²) in [6.07, 6.45) is 4.71. The SMILES string of the molecule is CN1C(=O)C2CN(Cc3c2c2cc(OCCN4CCOCC4)ccc2n3CC2=CC=C(C(=O)O)CC2)C1=O. The number of rotatable bonds is 7. The summed E-state index contributed by atoms with van der Waals surface area (Å²) >= 11 is 0. The fourth-order valence-electron chi connectivity index (χ4n) is 6.00. The van der Waals surface area contributed by atoms with Crippen molar-refractivity contribution in [2.75, 3.05) is 53.0 Å². The molecule has 10 nitrogen and oxygen atoms in total. The average molecular weight is 521 g/mol. The van der Waals surface area contributed by atoms with E-state index in [1.54, 1.807) is 18.0 Å². The van der Waals surface area contributed by atoms with Gasteiger partial charge in [0.1, 0.15) is 12.4 Å². The molecule has 1 aliphatic carbocycles. The van der Waals surface area contributed by atoms with Crippen molar-refractivity contribution >= 4 is 28.8 Å². The van der Waals surface area contributed by atoms with E-state index in [0.29, 0.717) is 44.7 Å². The fourth-order valence-corrected chi connectivity index (χ4v) is 6.00. The molecule has 6 rings (SSSR count). The number of likely N-dealkylation sites (N-methyl/N-ethyl adjacent to an activating group) is 1. The van der Waals surface area contributed by atoms with Crippen LogP contribution in [-0.4, -0.2) is 95.3 Å². The number of aromatic nitrogens is 1. The molecule has 1 aromatic carbocycles. The maximum absolute atomic E-state index is 13.2. The molecule has 1 aromatic heterocycles. The van der Waals surface area contributed by atoms with Crippen LogP contribution in [0.5, 0.6) is 5.75 Å². The second-order valence-electron chi connectivity index (χ2n) is 10.4. The fraction of sp³-hybridized carbons (Fsp3) is 0.464. The number of carboxylic acid groups (broad SMARTS) is 1. The van der Waals surface area contributed by atoms with E-state index in [-0.39, 0.29) is 11.9 Å². The van der Waals surface area contributed by atoms with E-state index in [1.165, 1.54) is 4.90 Å². The second kappa shape index (κ2) is 9.92. The molecule has 3 amide bonds. The number of benzene rings is 1. The Morgan fingerprint density at radius 3 is 2.71 bits per heavy atom. The van der Waals surface area contributed by atoms with Gasteiger partial charge in [-0.25, -0.2) is 9.59 Å². The van der Waals surface area contributed by atoms with Crippen molar-refractivity contribution in [3.63, 3.8) is 0 Å². The quantitative estimate of drug-likeness (QED) is 0.598. The van der Waals surface area contributed by atoms with Crippen LogP contribution in [0.2, 0.25) is 0 Å². The van der Waals surface area contributed by atoms with Crippen molar-refractivity contribution in [2.24, 2.45) is 0 Å². The third-order valence-electron chi connectivity index (χ3n) is 8.12. The highest BCUT2D eigenvalue weighted by Gasteiger charge is 2.44. The van der Waals surface area contributed by atoms with Crippen molar-refractivity contribution < 1.29 is 29.0 Å². The zero-order valence-electron chi connectivity index (χ0n) is 21.5. The molecule has 0 radical (unpaired) electrons. The van der Waals surface area contributed by atoms with Gasteiger partial charge in [0.15, 0.2) is 0 Å². The Hall–Kier alpha value is -3.63. The zero-order chi connectivity index (χ0) is 26.4. The summed E-state index contributed by atoms with van der Waals surface area (Å²) in [6, 6.07) is 5.76. The molecule has 1 unspecified atom stereocenters. The molecule has 3 aliphatic heterocycles. The number of nitrogens with zero attached hydrogens (tertiary/aromatic N) is 4. The molecule has 200 valence electrons. The Kier molecular flexibility index (Phi) is 6.45. The van der Waals surface area contributed by atoms with Crippen LogP contribution in [-0.2, 0) is 27.4 Å². The summed E-state index contributed by atoms with van der Waals surface area (Å²) in [5.41, 5.74) is 4.44. The number of hydrogen-bond acceptors (Lipinski definition) is 6. The van der Waals surface area contributed by atoms with E-state index in [0.717, 1.165) is 66.3 Å². The number of hydrogen-bond donors (Lipinski definition) is 1.